The van der Waals surface area contributed by atoms with Crippen LogP contribution >= 0.6 is 0 Å². The number of hydrogen-bond donors (Lipinski definition) is 3. The van der Waals surface area contributed by atoms with E-state index in [0.717, 1.165) is 37.0 Å². The van der Waals surface area contributed by atoms with Gasteiger partial charge in [0, 0.05) is 35.3 Å². The lowest BCUT2D eigenvalue weighted by molar-refractivity contribution is -0.146. The van der Waals surface area contributed by atoms with E-state index in [9.17, 15) is 14.4 Å². The molecule has 0 aromatic heterocycles. The Morgan fingerprint density at radius 3 is 2.03 bits per heavy atom. The summed E-state index contributed by atoms with van der Waals surface area (Å²) in [7, 11) is 0. The highest BCUT2D eigenvalue weighted by Gasteiger charge is 2.54. The lowest BCUT2D eigenvalue weighted by Gasteiger charge is -2.55. The Balaban J connectivity index is 1.10. The minimum Gasteiger partial charge on any atom is -0.355 e. The summed E-state index contributed by atoms with van der Waals surface area (Å²) in [5, 5.41) is 8.76. The van der Waals surface area contributed by atoms with E-state index in [4.69, 9.17) is 0 Å². The normalized spacial score (nSPS) is 27.1. The van der Waals surface area contributed by atoms with Crippen LogP contribution in [0.5, 0.6) is 0 Å². The quantitative estimate of drug-likeness (QED) is 0.582. The third-order valence-corrected chi connectivity index (χ3v) is 7.60. The molecule has 4 aliphatic rings. The minimum atomic E-state index is -0.202. The number of nitrogens with one attached hydrogen (secondary N) is 3. The summed E-state index contributed by atoms with van der Waals surface area (Å²) in [6.45, 7) is 0.344. The van der Waals surface area contributed by atoms with Crippen LogP contribution in [0.2, 0.25) is 0 Å². The van der Waals surface area contributed by atoms with Gasteiger partial charge in [0.25, 0.3) is 5.91 Å². The maximum absolute atomic E-state index is 13.0. The lowest BCUT2D eigenvalue weighted by atomic mass is 9.49. The van der Waals surface area contributed by atoms with Gasteiger partial charge in [-0.15, -0.1) is 0 Å². The summed E-state index contributed by atoms with van der Waals surface area (Å²) in [4.78, 5) is 37.8. The number of anilines is 2. The molecule has 6 rings (SSSR count). The Morgan fingerprint density at radius 2 is 1.39 bits per heavy atom. The van der Waals surface area contributed by atoms with Gasteiger partial charge in [-0.25, -0.2) is 0 Å². The number of carbonyl (C=O) groups excluding carboxylic acids is 3. The van der Waals surface area contributed by atoms with Gasteiger partial charge >= 0.3 is 0 Å². The molecule has 0 atom stereocenters. The molecule has 3 N–H and O–H groups in total. The van der Waals surface area contributed by atoms with E-state index in [1.54, 1.807) is 36.4 Å². The monoisotopic (exact) mass is 445 g/mol. The molecule has 0 heterocycles. The van der Waals surface area contributed by atoms with Crippen molar-refractivity contribution in [2.24, 2.45) is 23.2 Å². The summed E-state index contributed by atoms with van der Waals surface area (Å²) < 4.78 is 0. The molecule has 4 saturated carbocycles. The fraction of sp³-hybridized carbons (Fsp3) is 0.444. The molecular formula is C27H31N3O3. The van der Waals surface area contributed by atoms with Crippen molar-refractivity contribution in [2.75, 3.05) is 17.2 Å². The molecule has 6 nitrogen and oxygen atoms in total. The average Bonchev–Trinajstić information content (AvgIpc) is 2.79. The molecule has 4 fully saturated rings. The predicted octanol–water partition coefficient (Wildman–Crippen LogP) is 4.60. The van der Waals surface area contributed by atoms with Crippen LogP contribution in [0.4, 0.5) is 11.4 Å². The minimum absolute atomic E-state index is 0.153. The molecule has 2 aromatic rings. The van der Waals surface area contributed by atoms with Crippen LogP contribution in [0.1, 0.15) is 55.3 Å². The lowest BCUT2D eigenvalue weighted by Crippen LogP contribution is -2.53. The van der Waals surface area contributed by atoms with Crippen LogP contribution in [-0.2, 0) is 9.59 Å². The van der Waals surface area contributed by atoms with Crippen molar-refractivity contribution in [2.45, 2.75) is 44.9 Å². The maximum Gasteiger partial charge on any atom is 0.255 e. The molecule has 2 aromatic carbocycles. The highest BCUT2D eigenvalue weighted by Crippen LogP contribution is 2.60. The molecule has 0 unspecified atom stereocenters. The van der Waals surface area contributed by atoms with Crippen LogP contribution in [-0.4, -0.2) is 24.3 Å². The van der Waals surface area contributed by atoms with Crippen LogP contribution in [0.15, 0.2) is 54.6 Å². The first-order chi connectivity index (χ1) is 16.0. The Morgan fingerprint density at radius 1 is 0.788 bits per heavy atom. The molecular weight excluding hydrogens is 414 g/mol. The molecule has 6 heteroatoms. The zero-order valence-corrected chi connectivity index (χ0v) is 18.8. The maximum atomic E-state index is 13.0. The van der Waals surface area contributed by atoms with Gasteiger partial charge in [0.15, 0.2) is 0 Å². The van der Waals surface area contributed by atoms with Crippen molar-refractivity contribution >= 4 is 29.1 Å². The van der Waals surface area contributed by atoms with E-state index in [2.05, 4.69) is 16.0 Å². The van der Waals surface area contributed by atoms with Gasteiger partial charge in [-0.2, -0.15) is 0 Å². The second-order valence-corrected chi connectivity index (χ2v) is 10.2. The van der Waals surface area contributed by atoms with Crippen molar-refractivity contribution in [1.82, 2.24) is 5.32 Å². The van der Waals surface area contributed by atoms with E-state index in [1.807, 2.05) is 18.2 Å². The smallest absolute Gasteiger partial charge is 0.255 e. The first-order valence-electron chi connectivity index (χ1n) is 12.0. The Kier molecular flexibility index (Phi) is 5.92. The molecule has 172 valence electrons. The zero-order valence-electron chi connectivity index (χ0n) is 18.8. The number of carbonyl (C=O) groups is 3. The van der Waals surface area contributed by atoms with Crippen molar-refractivity contribution in [3.63, 3.8) is 0 Å². The van der Waals surface area contributed by atoms with Crippen molar-refractivity contribution in [3.05, 3.63) is 60.2 Å². The third kappa shape index (κ3) is 4.80. The molecule has 0 saturated heterocycles. The molecule has 4 aliphatic carbocycles. The number of rotatable bonds is 7. The molecule has 0 radical (unpaired) electrons. The van der Waals surface area contributed by atoms with Gasteiger partial charge in [0.2, 0.25) is 11.8 Å². The SMILES string of the molecule is O=C(CCNC(=O)C12CC3CC(CC(C3)C1)C2)Nc1cccc(NC(=O)c2ccccc2)c1. The predicted molar refractivity (Wildman–Crippen MR) is 128 cm³/mol. The molecule has 33 heavy (non-hydrogen) atoms. The largest absolute Gasteiger partial charge is 0.355 e. The highest BCUT2D eigenvalue weighted by atomic mass is 16.2. The first kappa shape index (κ1) is 21.7. The summed E-state index contributed by atoms with van der Waals surface area (Å²) in [6.07, 6.45) is 7.22. The number of amides is 3. The van der Waals surface area contributed by atoms with Crippen LogP contribution in [0.25, 0.3) is 0 Å². The summed E-state index contributed by atoms with van der Waals surface area (Å²) in [5.74, 6) is 1.96. The fourth-order valence-corrected chi connectivity index (χ4v) is 6.56. The Bertz CT molecular complexity index is 1010. The molecule has 3 amide bonds. The molecule has 0 spiro atoms. The van der Waals surface area contributed by atoms with Gasteiger partial charge in [0.05, 0.1) is 0 Å². The third-order valence-electron chi connectivity index (χ3n) is 7.60. The van der Waals surface area contributed by atoms with Gasteiger partial charge in [0.1, 0.15) is 0 Å². The first-order valence-corrected chi connectivity index (χ1v) is 12.0. The summed E-state index contributed by atoms with van der Waals surface area (Å²) >= 11 is 0. The molecule has 0 aliphatic heterocycles. The second kappa shape index (κ2) is 9.00. The number of benzene rings is 2. The van der Waals surface area contributed by atoms with Crippen LogP contribution in [0.3, 0.4) is 0 Å². The standard InChI is InChI=1S/C27H31N3O3/c31-24(9-10-28-26(33)27-15-18-11-19(16-27)13-20(12-18)17-27)29-22-7-4-8-23(14-22)30-25(32)21-5-2-1-3-6-21/h1-8,14,18-20H,9-13,15-17H2,(H,28,33)(H,29,31)(H,30,32). The van der Waals surface area contributed by atoms with Crippen molar-refractivity contribution < 1.29 is 14.4 Å². The van der Waals surface area contributed by atoms with E-state index >= 15 is 0 Å². The Hall–Kier alpha value is -3.15. The topological polar surface area (TPSA) is 87.3 Å². The Labute approximate surface area is 194 Å². The van der Waals surface area contributed by atoms with E-state index in [0.29, 0.717) is 23.5 Å². The summed E-state index contributed by atoms with van der Waals surface area (Å²) in [5.41, 5.74) is 1.60. The average molecular weight is 446 g/mol. The van der Waals surface area contributed by atoms with E-state index in [1.165, 1.54) is 19.3 Å². The zero-order chi connectivity index (χ0) is 22.8. The van der Waals surface area contributed by atoms with E-state index in [-0.39, 0.29) is 29.6 Å². The van der Waals surface area contributed by atoms with Crippen LogP contribution < -0.4 is 16.0 Å². The highest BCUT2D eigenvalue weighted by molar-refractivity contribution is 6.04. The van der Waals surface area contributed by atoms with Gasteiger partial charge in [-0.1, -0.05) is 24.3 Å². The van der Waals surface area contributed by atoms with Crippen molar-refractivity contribution in [1.29, 1.82) is 0 Å². The van der Waals surface area contributed by atoms with Crippen LogP contribution in [0, 0.1) is 23.2 Å². The van der Waals surface area contributed by atoms with Crippen molar-refractivity contribution in [3.8, 4) is 0 Å². The van der Waals surface area contributed by atoms with Gasteiger partial charge < -0.3 is 16.0 Å². The van der Waals surface area contributed by atoms with Gasteiger partial charge in [-0.3, -0.25) is 14.4 Å². The van der Waals surface area contributed by atoms with Gasteiger partial charge in [-0.05, 0) is 86.6 Å². The van der Waals surface area contributed by atoms with E-state index < -0.39 is 0 Å². The number of hydrogen-bond acceptors (Lipinski definition) is 3. The summed E-state index contributed by atoms with van der Waals surface area (Å²) in [6, 6.07) is 16.1. The second-order valence-electron chi connectivity index (χ2n) is 10.2. The fourth-order valence-electron chi connectivity index (χ4n) is 6.56. The molecule has 4 bridgehead atoms.